The lowest BCUT2D eigenvalue weighted by atomic mass is 10.1. The lowest BCUT2D eigenvalue weighted by Crippen LogP contribution is -2.27. The molecule has 0 spiro atoms. The minimum absolute atomic E-state index is 0.103. The first-order chi connectivity index (χ1) is 7.16. The fourth-order valence-electron chi connectivity index (χ4n) is 1.51. The lowest BCUT2D eigenvalue weighted by molar-refractivity contribution is -0.122. The normalized spacial score (nSPS) is 17.2. The molecule has 80 valence electrons. The van der Waals surface area contributed by atoms with Gasteiger partial charge in [-0.1, -0.05) is 28.1 Å². The molecule has 1 N–H and O–H groups in total. The van der Waals surface area contributed by atoms with Gasteiger partial charge in [0.15, 0.2) is 0 Å². The average Bonchev–Trinajstić information content (AvgIpc) is 3.01. The van der Waals surface area contributed by atoms with Crippen molar-refractivity contribution in [1.82, 2.24) is 5.32 Å². The molecule has 2 rings (SSSR count). The van der Waals surface area contributed by atoms with Crippen LogP contribution in [-0.2, 0) is 4.79 Å². The molecule has 1 aliphatic rings. The van der Waals surface area contributed by atoms with Crippen molar-refractivity contribution in [2.24, 2.45) is 5.92 Å². The number of hydrogen-bond donors (Lipinski definition) is 1. The van der Waals surface area contributed by atoms with E-state index >= 15 is 0 Å². The molecule has 0 heterocycles. The van der Waals surface area contributed by atoms with E-state index in [0.29, 0.717) is 0 Å². The number of hydrogen-bond acceptors (Lipinski definition) is 1. The fraction of sp³-hybridized carbons (Fsp3) is 0.417. The van der Waals surface area contributed by atoms with Crippen molar-refractivity contribution in [3.05, 3.63) is 34.3 Å². The van der Waals surface area contributed by atoms with Crippen LogP contribution in [0.2, 0.25) is 0 Å². The monoisotopic (exact) mass is 267 g/mol. The predicted octanol–water partition coefficient (Wildman–Crippen LogP) is 3.04. The van der Waals surface area contributed by atoms with Crippen molar-refractivity contribution in [1.29, 1.82) is 0 Å². The first-order valence-corrected chi connectivity index (χ1v) is 6.02. The summed E-state index contributed by atoms with van der Waals surface area (Å²) >= 11 is 3.39. The molecule has 2 nitrogen and oxygen atoms in total. The van der Waals surface area contributed by atoms with Gasteiger partial charge in [0.25, 0.3) is 0 Å². The molecule has 0 bridgehead atoms. The van der Waals surface area contributed by atoms with Gasteiger partial charge in [0.2, 0.25) is 5.91 Å². The van der Waals surface area contributed by atoms with Crippen LogP contribution in [0.15, 0.2) is 28.7 Å². The highest BCUT2D eigenvalue weighted by Gasteiger charge is 2.30. The van der Waals surface area contributed by atoms with Crippen molar-refractivity contribution in [3.8, 4) is 0 Å². The van der Waals surface area contributed by atoms with Gasteiger partial charge in [-0.3, -0.25) is 4.79 Å². The Balaban J connectivity index is 1.97. The third-order valence-corrected chi connectivity index (χ3v) is 3.21. The Morgan fingerprint density at radius 1 is 1.40 bits per heavy atom. The molecule has 1 atom stereocenters. The highest BCUT2D eigenvalue weighted by Crippen LogP contribution is 2.29. The van der Waals surface area contributed by atoms with Crippen LogP contribution in [-0.4, -0.2) is 5.91 Å². The van der Waals surface area contributed by atoms with Crippen LogP contribution in [0.4, 0.5) is 0 Å². The van der Waals surface area contributed by atoms with E-state index in [4.69, 9.17) is 0 Å². The third-order valence-electron chi connectivity index (χ3n) is 2.68. The topological polar surface area (TPSA) is 29.1 Å². The number of rotatable bonds is 3. The highest BCUT2D eigenvalue weighted by atomic mass is 79.9. The number of nitrogens with one attached hydrogen (secondary N) is 1. The average molecular weight is 268 g/mol. The molecule has 1 amide bonds. The van der Waals surface area contributed by atoms with E-state index in [1.807, 2.05) is 31.2 Å². The Labute approximate surface area is 98.2 Å². The number of carbonyl (C=O) groups excluding carboxylic acids is 1. The number of amides is 1. The third kappa shape index (κ3) is 2.81. The molecule has 3 heteroatoms. The van der Waals surface area contributed by atoms with Crippen LogP contribution in [0.25, 0.3) is 0 Å². The minimum Gasteiger partial charge on any atom is -0.349 e. The Bertz CT molecular complexity index is 356. The molecule has 1 aromatic carbocycles. The summed E-state index contributed by atoms with van der Waals surface area (Å²) in [6.45, 7) is 2.02. The molecule has 1 fully saturated rings. The predicted molar refractivity (Wildman–Crippen MR) is 63.4 cm³/mol. The van der Waals surface area contributed by atoms with E-state index < -0.39 is 0 Å². The smallest absolute Gasteiger partial charge is 0.223 e. The van der Waals surface area contributed by atoms with Crippen molar-refractivity contribution < 1.29 is 4.79 Å². The van der Waals surface area contributed by atoms with Gasteiger partial charge in [-0.25, -0.2) is 0 Å². The van der Waals surface area contributed by atoms with E-state index in [-0.39, 0.29) is 17.9 Å². The molecule has 0 saturated heterocycles. The van der Waals surface area contributed by atoms with E-state index in [2.05, 4.69) is 21.2 Å². The molecule has 1 aliphatic carbocycles. The molecular formula is C12H14BrNO. The van der Waals surface area contributed by atoms with Crippen LogP contribution in [0, 0.1) is 5.92 Å². The van der Waals surface area contributed by atoms with E-state index in [9.17, 15) is 4.79 Å². The summed E-state index contributed by atoms with van der Waals surface area (Å²) in [5.41, 5.74) is 1.15. The van der Waals surface area contributed by atoms with Gasteiger partial charge in [-0.05, 0) is 37.5 Å². The maximum Gasteiger partial charge on any atom is 0.223 e. The zero-order chi connectivity index (χ0) is 10.8. The van der Waals surface area contributed by atoms with Crippen LogP contribution in [0.3, 0.4) is 0 Å². The summed E-state index contributed by atoms with van der Waals surface area (Å²) in [5.74, 6) is 0.480. The van der Waals surface area contributed by atoms with Gasteiger partial charge >= 0.3 is 0 Å². The zero-order valence-electron chi connectivity index (χ0n) is 8.66. The largest absolute Gasteiger partial charge is 0.349 e. The van der Waals surface area contributed by atoms with Gasteiger partial charge < -0.3 is 5.32 Å². The summed E-state index contributed by atoms with van der Waals surface area (Å²) in [7, 11) is 0. The Morgan fingerprint density at radius 2 is 2.00 bits per heavy atom. The maximum absolute atomic E-state index is 11.5. The van der Waals surface area contributed by atoms with Gasteiger partial charge in [0, 0.05) is 10.4 Å². The quantitative estimate of drug-likeness (QED) is 0.896. The van der Waals surface area contributed by atoms with Crippen molar-refractivity contribution in [2.75, 3.05) is 0 Å². The molecule has 15 heavy (non-hydrogen) atoms. The number of carbonyl (C=O) groups is 1. The molecule has 0 aromatic heterocycles. The Hall–Kier alpha value is -0.830. The fourth-order valence-corrected chi connectivity index (χ4v) is 1.78. The van der Waals surface area contributed by atoms with Crippen molar-refractivity contribution in [3.63, 3.8) is 0 Å². The van der Waals surface area contributed by atoms with E-state index in [0.717, 1.165) is 22.9 Å². The van der Waals surface area contributed by atoms with Crippen LogP contribution in [0.1, 0.15) is 31.4 Å². The van der Waals surface area contributed by atoms with Gasteiger partial charge in [0.05, 0.1) is 6.04 Å². The highest BCUT2D eigenvalue weighted by molar-refractivity contribution is 9.10. The second kappa shape index (κ2) is 4.35. The molecule has 0 unspecified atom stereocenters. The van der Waals surface area contributed by atoms with Crippen molar-refractivity contribution in [2.45, 2.75) is 25.8 Å². The van der Waals surface area contributed by atoms with E-state index in [1.54, 1.807) is 0 Å². The maximum atomic E-state index is 11.5. The molecular weight excluding hydrogens is 254 g/mol. The van der Waals surface area contributed by atoms with Gasteiger partial charge in [-0.15, -0.1) is 0 Å². The Kier molecular flexibility index (Phi) is 3.10. The minimum atomic E-state index is 0.103. The second-order valence-electron chi connectivity index (χ2n) is 4.06. The molecule has 1 aromatic rings. The first-order valence-electron chi connectivity index (χ1n) is 5.22. The summed E-state index contributed by atoms with van der Waals surface area (Å²) in [6.07, 6.45) is 2.11. The van der Waals surface area contributed by atoms with Crippen LogP contribution >= 0.6 is 15.9 Å². The summed E-state index contributed by atoms with van der Waals surface area (Å²) in [4.78, 5) is 11.5. The second-order valence-corrected chi connectivity index (χ2v) is 4.97. The van der Waals surface area contributed by atoms with Crippen LogP contribution in [0.5, 0.6) is 0 Å². The van der Waals surface area contributed by atoms with Gasteiger partial charge in [0.1, 0.15) is 0 Å². The number of benzene rings is 1. The standard InChI is InChI=1S/C12H14BrNO/c1-8(14-12(15)10-2-3-10)9-4-6-11(13)7-5-9/h4-8,10H,2-3H2,1H3,(H,14,15)/t8-/m0/s1. The first kappa shape index (κ1) is 10.7. The SMILES string of the molecule is C[C@H](NC(=O)C1CC1)c1ccc(Br)cc1. The molecule has 0 aliphatic heterocycles. The van der Waals surface area contributed by atoms with Crippen molar-refractivity contribution >= 4 is 21.8 Å². The summed E-state index contributed by atoms with van der Waals surface area (Å²) in [6, 6.07) is 8.15. The molecule has 1 saturated carbocycles. The zero-order valence-corrected chi connectivity index (χ0v) is 10.3. The number of halogens is 1. The molecule has 0 radical (unpaired) electrons. The van der Waals surface area contributed by atoms with E-state index in [1.165, 1.54) is 0 Å². The van der Waals surface area contributed by atoms with Crippen LogP contribution < -0.4 is 5.32 Å². The van der Waals surface area contributed by atoms with Gasteiger partial charge in [-0.2, -0.15) is 0 Å². The summed E-state index contributed by atoms with van der Waals surface area (Å²) < 4.78 is 1.06. The Morgan fingerprint density at radius 3 is 2.53 bits per heavy atom. The lowest BCUT2D eigenvalue weighted by Gasteiger charge is -2.14. The summed E-state index contributed by atoms with van der Waals surface area (Å²) in [5, 5.41) is 3.02.